The molecule has 0 atom stereocenters. The van der Waals surface area contributed by atoms with E-state index >= 15 is 0 Å². The number of rotatable bonds is 9. The Morgan fingerprint density at radius 1 is 1.05 bits per heavy atom. The molecule has 10 heteroatoms. The number of aromatic nitrogens is 3. The van der Waals surface area contributed by atoms with Crippen molar-refractivity contribution in [1.82, 2.24) is 14.3 Å². The molecule has 7 nitrogen and oxygen atoms in total. The third kappa shape index (κ3) is 5.92. The molecule has 0 spiro atoms. The molecule has 0 unspecified atom stereocenters. The molecular weight excluding hydrogens is 581 g/mol. The molecular formula is C27H24BrCl2N3O4. The first-order valence-corrected chi connectivity index (χ1v) is 13.2. The zero-order chi connectivity index (χ0) is 26.5. The average Bonchev–Trinajstić information content (AvgIpc) is 3.35. The van der Waals surface area contributed by atoms with E-state index in [2.05, 4.69) is 21.0 Å². The highest BCUT2D eigenvalue weighted by molar-refractivity contribution is 9.10. The van der Waals surface area contributed by atoms with Gasteiger partial charge in [0.05, 0.1) is 39.1 Å². The van der Waals surface area contributed by atoms with Crippen molar-refractivity contribution in [2.75, 3.05) is 6.61 Å². The molecule has 4 aromatic rings. The van der Waals surface area contributed by atoms with Gasteiger partial charge in [0.15, 0.2) is 0 Å². The fourth-order valence-electron chi connectivity index (χ4n) is 3.97. The van der Waals surface area contributed by atoms with Crippen molar-refractivity contribution in [3.05, 3.63) is 102 Å². The Hall–Kier alpha value is -3.07. The number of benzene rings is 2. The second-order valence-electron chi connectivity index (χ2n) is 8.03. The summed E-state index contributed by atoms with van der Waals surface area (Å²) in [5.74, 6) is -0.253. The molecule has 0 fully saturated rings. The summed E-state index contributed by atoms with van der Waals surface area (Å²) in [4.78, 5) is 26.4. The van der Waals surface area contributed by atoms with Gasteiger partial charge in [-0.3, -0.25) is 9.48 Å². The lowest BCUT2D eigenvalue weighted by Crippen LogP contribution is -2.27. The maximum Gasteiger partial charge on any atom is 0.344 e. The lowest BCUT2D eigenvalue weighted by atomic mass is 10.0. The average molecular weight is 605 g/mol. The van der Waals surface area contributed by atoms with Crippen molar-refractivity contribution < 1.29 is 14.3 Å². The van der Waals surface area contributed by atoms with Crippen LogP contribution in [0.25, 0.3) is 11.3 Å². The second kappa shape index (κ2) is 12.0. The van der Waals surface area contributed by atoms with E-state index in [1.54, 1.807) is 42.1 Å². The normalized spacial score (nSPS) is 10.9. The minimum absolute atomic E-state index is 0.0786. The van der Waals surface area contributed by atoms with Gasteiger partial charge in [-0.05, 0) is 47.5 Å². The Balaban J connectivity index is 1.77. The maximum absolute atomic E-state index is 13.5. The molecule has 2 heterocycles. The van der Waals surface area contributed by atoms with Crippen LogP contribution in [0.5, 0.6) is 5.88 Å². The molecule has 0 bridgehead atoms. The van der Waals surface area contributed by atoms with Gasteiger partial charge in [-0.1, -0.05) is 59.6 Å². The number of hydrogen-bond acceptors (Lipinski definition) is 5. The first-order valence-electron chi connectivity index (χ1n) is 11.6. The summed E-state index contributed by atoms with van der Waals surface area (Å²) in [5.41, 5.74) is 2.06. The number of carbonyl (C=O) groups is 1. The van der Waals surface area contributed by atoms with E-state index in [-0.39, 0.29) is 23.2 Å². The van der Waals surface area contributed by atoms with Crippen molar-refractivity contribution in [2.45, 2.75) is 33.5 Å². The first-order chi connectivity index (χ1) is 17.8. The van der Waals surface area contributed by atoms with Crippen molar-refractivity contribution in [3.8, 4) is 17.1 Å². The van der Waals surface area contributed by atoms with Gasteiger partial charge in [-0.2, -0.15) is 0 Å². The molecule has 0 N–H and O–H groups in total. The van der Waals surface area contributed by atoms with Crippen LogP contribution in [0.15, 0.2) is 70.1 Å². The number of hydrogen-bond donors (Lipinski definition) is 0. The van der Waals surface area contributed by atoms with Gasteiger partial charge in [-0.25, -0.2) is 4.79 Å². The lowest BCUT2D eigenvalue weighted by Gasteiger charge is -2.22. The first kappa shape index (κ1) is 27.0. The highest BCUT2D eigenvalue weighted by Crippen LogP contribution is 2.32. The Kier molecular flexibility index (Phi) is 8.74. The predicted octanol–water partition coefficient (Wildman–Crippen LogP) is 6.61. The van der Waals surface area contributed by atoms with Crippen LogP contribution < -0.4 is 10.2 Å². The minimum atomic E-state index is -0.710. The van der Waals surface area contributed by atoms with Gasteiger partial charge >= 0.3 is 5.97 Å². The summed E-state index contributed by atoms with van der Waals surface area (Å²) >= 11 is 15.9. The highest BCUT2D eigenvalue weighted by atomic mass is 79.9. The van der Waals surface area contributed by atoms with E-state index in [9.17, 15) is 9.59 Å². The molecule has 0 aliphatic heterocycles. The molecule has 192 valence electrons. The molecule has 0 saturated heterocycles. The molecule has 0 saturated carbocycles. The van der Waals surface area contributed by atoms with Gasteiger partial charge in [0.2, 0.25) is 11.3 Å². The van der Waals surface area contributed by atoms with Crippen LogP contribution in [0.2, 0.25) is 10.0 Å². The van der Waals surface area contributed by atoms with Gasteiger partial charge in [0.25, 0.3) is 0 Å². The van der Waals surface area contributed by atoms with E-state index < -0.39 is 11.4 Å². The van der Waals surface area contributed by atoms with Crippen LogP contribution in [0.1, 0.15) is 35.5 Å². The van der Waals surface area contributed by atoms with E-state index in [1.165, 1.54) is 0 Å². The van der Waals surface area contributed by atoms with Gasteiger partial charge < -0.3 is 14.0 Å². The molecule has 2 aromatic heterocycles. The highest BCUT2D eigenvalue weighted by Gasteiger charge is 2.27. The number of carbonyl (C=O) groups excluding carboxylic acids is 1. The zero-order valence-corrected chi connectivity index (χ0v) is 23.3. The smallest absolute Gasteiger partial charge is 0.344 e. The van der Waals surface area contributed by atoms with Crippen molar-refractivity contribution in [3.63, 3.8) is 0 Å². The van der Waals surface area contributed by atoms with E-state index in [0.29, 0.717) is 46.0 Å². The van der Waals surface area contributed by atoms with E-state index in [1.807, 2.05) is 41.8 Å². The molecule has 0 aliphatic rings. The summed E-state index contributed by atoms with van der Waals surface area (Å²) in [6, 6.07) is 16.5. The Morgan fingerprint density at radius 2 is 1.81 bits per heavy atom. The third-order valence-corrected chi connectivity index (χ3v) is 7.22. The fraction of sp³-hybridized carbons (Fsp3) is 0.222. The van der Waals surface area contributed by atoms with Crippen LogP contribution in [0.3, 0.4) is 0 Å². The summed E-state index contributed by atoms with van der Waals surface area (Å²) in [7, 11) is 0. The predicted molar refractivity (Wildman–Crippen MR) is 148 cm³/mol. The van der Waals surface area contributed by atoms with Crippen LogP contribution in [0, 0.1) is 0 Å². The summed E-state index contributed by atoms with van der Waals surface area (Å²) < 4.78 is 14.9. The summed E-state index contributed by atoms with van der Waals surface area (Å²) in [5, 5.41) is 5.18. The number of ether oxygens (including phenoxy) is 2. The standard InChI is InChI=1S/C27H24BrCl2N3O4/c1-3-33-21(15-32-13-12-22(31-32)37-16-17-8-6-5-7-9-17)24(28)26(34)23(27(35)36-4-2)25(33)18-10-11-19(29)20(30)14-18/h5-14H,3-4,15-16H2,1-2H3. The third-order valence-electron chi connectivity index (χ3n) is 5.66. The Morgan fingerprint density at radius 3 is 2.49 bits per heavy atom. The number of nitrogens with zero attached hydrogens (tertiary/aromatic N) is 3. The summed E-state index contributed by atoms with van der Waals surface area (Å²) in [6.07, 6.45) is 1.77. The van der Waals surface area contributed by atoms with Crippen molar-refractivity contribution in [2.24, 2.45) is 0 Å². The molecule has 4 rings (SSSR count). The second-order valence-corrected chi connectivity index (χ2v) is 9.64. The molecule has 37 heavy (non-hydrogen) atoms. The SMILES string of the molecule is CCOC(=O)c1c(-c2ccc(Cl)c(Cl)c2)n(CC)c(Cn2ccc(OCc3ccccc3)n2)c(Br)c1=O. The van der Waals surface area contributed by atoms with Crippen molar-refractivity contribution >= 4 is 45.1 Å². The van der Waals surface area contributed by atoms with Crippen molar-refractivity contribution in [1.29, 1.82) is 0 Å². The number of pyridine rings is 1. The number of esters is 1. The van der Waals surface area contributed by atoms with Crippen LogP contribution in [-0.4, -0.2) is 26.9 Å². The number of halogens is 3. The fourth-order valence-corrected chi connectivity index (χ4v) is 4.81. The molecule has 0 amide bonds. The van der Waals surface area contributed by atoms with Gasteiger partial charge in [0.1, 0.15) is 12.2 Å². The van der Waals surface area contributed by atoms with Gasteiger partial charge in [-0.15, -0.1) is 5.10 Å². The van der Waals surface area contributed by atoms with Crippen LogP contribution in [0.4, 0.5) is 0 Å². The van der Waals surface area contributed by atoms with Crippen LogP contribution >= 0.6 is 39.1 Å². The largest absolute Gasteiger partial charge is 0.472 e. The Labute approximate surface area is 232 Å². The topological polar surface area (TPSA) is 75.3 Å². The quantitative estimate of drug-likeness (QED) is 0.201. The lowest BCUT2D eigenvalue weighted by molar-refractivity contribution is 0.0524. The van der Waals surface area contributed by atoms with Crippen LogP contribution in [-0.2, 0) is 24.4 Å². The minimum Gasteiger partial charge on any atom is -0.472 e. The maximum atomic E-state index is 13.5. The summed E-state index contributed by atoms with van der Waals surface area (Å²) in [6.45, 7) is 4.83. The van der Waals surface area contributed by atoms with E-state index in [0.717, 1.165) is 5.56 Å². The zero-order valence-electron chi connectivity index (χ0n) is 20.2. The van der Waals surface area contributed by atoms with Gasteiger partial charge in [0, 0.05) is 24.4 Å². The molecule has 0 radical (unpaired) electrons. The van der Waals surface area contributed by atoms with E-state index in [4.69, 9.17) is 32.7 Å². The Bertz CT molecular complexity index is 1490. The monoisotopic (exact) mass is 603 g/mol. The molecule has 0 aliphatic carbocycles. The molecule has 2 aromatic carbocycles.